The van der Waals surface area contributed by atoms with Crippen LogP contribution >= 0.6 is 12.4 Å². The second-order valence-corrected chi connectivity index (χ2v) is 9.07. The smallest absolute Gasteiger partial charge is 0.226 e. The highest BCUT2D eigenvalue weighted by atomic mass is 35.5. The first-order valence-electron chi connectivity index (χ1n) is 9.80. The Bertz CT molecular complexity index is 651. The SMILES string of the molecule is Cl.Nc1ccc2c(c1)CCCC2NC(=O)C12CC3CC(CC(C3)C1)C2. The highest BCUT2D eigenvalue weighted by molar-refractivity contribution is 5.85. The van der Waals surface area contributed by atoms with Gasteiger partial charge in [-0.05, 0) is 98.8 Å². The maximum absolute atomic E-state index is 13.3. The Hall–Kier alpha value is -1.22. The normalized spacial score (nSPS) is 37.9. The number of aryl methyl sites for hydroxylation is 1. The molecule has 1 atom stereocenters. The van der Waals surface area contributed by atoms with Crippen molar-refractivity contribution in [2.45, 2.75) is 63.8 Å². The molecule has 6 rings (SSSR count). The summed E-state index contributed by atoms with van der Waals surface area (Å²) in [5, 5.41) is 3.47. The zero-order valence-corrected chi connectivity index (χ0v) is 15.6. The molecule has 1 amide bonds. The fourth-order valence-corrected chi connectivity index (χ4v) is 6.68. The lowest BCUT2D eigenvalue weighted by Gasteiger charge is -2.56. The Morgan fingerprint density at radius 1 is 1.08 bits per heavy atom. The van der Waals surface area contributed by atoms with Gasteiger partial charge in [0, 0.05) is 11.1 Å². The zero-order chi connectivity index (χ0) is 16.3. The number of anilines is 1. The van der Waals surface area contributed by atoms with Crippen molar-refractivity contribution in [2.75, 3.05) is 5.73 Å². The van der Waals surface area contributed by atoms with Gasteiger partial charge in [0.15, 0.2) is 0 Å². The standard InChI is InChI=1S/C21H28N2O.ClH/c22-17-4-5-18-16(9-17)2-1-3-19(18)23-20(24)21-10-13-6-14(11-21)8-15(7-13)12-21;/h4-5,9,13-15,19H,1-3,6-8,10-12,22H2,(H,23,24);1H. The quantitative estimate of drug-likeness (QED) is 0.768. The van der Waals surface area contributed by atoms with Gasteiger partial charge in [0.2, 0.25) is 5.91 Å². The molecule has 0 radical (unpaired) electrons. The first-order valence-corrected chi connectivity index (χ1v) is 9.80. The molecule has 136 valence electrons. The molecular formula is C21H29ClN2O. The number of hydrogen-bond donors (Lipinski definition) is 2. The fraction of sp³-hybridized carbons (Fsp3) is 0.667. The van der Waals surface area contributed by atoms with Crippen LogP contribution in [0.2, 0.25) is 0 Å². The molecule has 0 aliphatic heterocycles. The molecule has 4 saturated carbocycles. The predicted octanol–water partition coefficient (Wildman–Crippen LogP) is 4.40. The van der Waals surface area contributed by atoms with Gasteiger partial charge >= 0.3 is 0 Å². The topological polar surface area (TPSA) is 55.1 Å². The first-order chi connectivity index (χ1) is 11.6. The van der Waals surface area contributed by atoms with Gasteiger partial charge < -0.3 is 11.1 Å². The molecule has 3 N–H and O–H groups in total. The van der Waals surface area contributed by atoms with E-state index in [4.69, 9.17) is 5.73 Å². The lowest BCUT2D eigenvalue weighted by molar-refractivity contribution is -0.147. The van der Waals surface area contributed by atoms with Crippen LogP contribution in [-0.2, 0) is 11.2 Å². The summed E-state index contributed by atoms with van der Waals surface area (Å²) in [6.45, 7) is 0. The molecule has 4 bridgehead atoms. The summed E-state index contributed by atoms with van der Waals surface area (Å²) < 4.78 is 0. The number of amides is 1. The molecule has 0 heterocycles. The third-order valence-corrected chi connectivity index (χ3v) is 7.31. The first kappa shape index (κ1) is 17.2. The van der Waals surface area contributed by atoms with Crippen molar-refractivity contribution >= 4 is 24.0 Å². The van der Waals surface area contributed by atoms with Gasteiger partial charge in [-0.1, -0.05) is 6.07 Å². The van der Waals surface area contributed by atoms with E-state index in [1.807, 2.05) is 6.07 Å². The Labute approximate surface area is 156 Å². The van der Waals surface area contributed by atoms with Crippen LogP contribution in [0.15, 0.2) is 18.2 Å². The number of halogens is 1. The molecule has 5 aliphatic rings. The van der Waals surface area contributed by atoms with E-state index >= 15 is 0 Å². The minimum Gasteiger partial charge on any atom is -0.399 e. The molecule has 4 fully saturated rings. The maximum Gasteiger partial charge on any atom is 0.226 e. The summed E-state index contributed by atoms with van der Waals surface area (Å²) in [5.41, 5.74) is 9.37. The second-order valence-electron chi connectivity index (χ2n) is 9.07. The number of carbonyl (C=O) groups excluding carboxylic acids is 1. The third-order valence-electron chi connectivity index (χ3n) is 7.31. The van der Waals surface area contributed by atoms with E-state index in [-0.39, 0.29) is 23.9 Å². The molecular weight excluding hydrogens is 332 g/mol. The number of hydrogen-bond acceptors (Lipinski definition) is 2. The monoisotopic (exact) mass is 360 g/mol. The van der Waals surface area contributed by atoms with E-state index in [1.54, 1.807) is 0 Å². The van der Waals surface area contributed by atoms with Crippen LogP contribution in [0, 0.1) is 23.2 Å². The van der Waals surface area contributed by atoms with Gasteiger partial charge in [-0.3, -0.25) is 4.79 Å². The summed E-state index contributed by atoms with van der Waals surface area (Å²) in [5.74, 6) is 2.82. The Morgan fingerprint density at radius 3 is 2.36 bits per heavy atom. The average Bonchev–Trinajstić information content (AvgIpc) is 2.53. The van der Waals surface area contributed by atoms with E-state index in [1.165, 1.54) is 30.4 Å². The number of rotatable bonds is 2. The number of nitrogens with two attached hydrogens (primary N) is 1. The van der Waals surface area contributed by atoms with Crippen LogP contribution in [-0.4, -0.2) is 5.91 Å². The van der Waals surface area contributed by atoms with Gasteiger partial charge in [-0.2, -0.15) is 0 Å². The summed E-state index contributed by atoms with van der Waals surface area (Å²) in [6, 6.07) is 6.40. The molecule has 5 aliphatic carbocycles. The fourth-order valence-electron chi connectivity index (χ4n) is 6.68. The van der Waals surface area contributed by atoms with Gasteiger partial charge in [-0.25, -0.2) is 0 Å². The highest BCUT2D eigenvalue weighted by Crippen LogP contribution is 2.60. The van der Waals surface area contributed by atoms with E-state index < -0.39 is 0 Å². The van der Waals surface area contributed by atoms with E-state index in [9.17, 15) is 4.79 Å². The van der Waals surface area contributed by atoms with Crippen LogP contribution in [0.4, 0.5) is 5.69 Å². The molecule has 1 unspecified atom stereocenters. The van der Waals surface area contributed by atoms with Crippen molar-refractivity contribution in [1.82, 2.24) is 5.32 Å². The summed E-state index contributed by atoms with van der Waals surface area (Å²) in [4.78, 5) is 13.3. The molecule has 25 heavy (non-hydrogen) atoms. The average molecular weight is 361 g/mol. The van der Waals surface area contributed by atoms with Gasteiger partial charge in [0.05, 0.1) is 6.04 Å². The van der Waals surface area contributed by atoms with Crippen molar-refractivity contribution in [2.24, 2.45) is 23.2 Å². The molecule has 1 aromatic carbocycles. The Morgan fingerprint density at radius 2 is 1.72 bits per heavy atom. The Kier molecular flexibility index (Phi) is 4.26. The predicted molar refractivity (Wildman–Crippen MR) is 103 cm³/mol. The summed E-state index contributed by atoms with van der Waals surface area (Å²) >= 11 is 0. The van der Waals surface area contributed by atoms with E-state index in [0.29, 0.717) is 5.91 Å². The van der Waals surface area contributed by atoms with Gasteiger partial charge in [-0.15, -0.1) is 12.4 Å². The second kappa shape index (κ2) is 6.19. The molecule has 4 heteroatoms. The largest absolute Gasteiger partial charge is 0.399 e. The third kappa shape index (κ3) is 2.85. The molecule has 3 nitrogen and oxygen atoms in total. The van der Waals surface area contributed by atoms with Crippen LogP contribution in [0.1, 0.15) is 68.5 Å². The minimum absolute atomic E-state index is 0. The van der Waals surface area contributed by atoms with Crippen molar-refractivity contribution in [3.05, 3.63) is 29.3 Å². The number of carbonyl (C=O) groups is 1. The minimum atomic E-state index is -0.0415. The molecule has 0 saturated heterocycles. The van der Waals surface area contributed by atoms with Crippen molar-refractivity contribution in [3.8, 4) is 0 Å². The zero-order valence-electron chi connectivity index (χ0n) is 14.8. The van der Waals surface area contributed by atoms with E-state index in [0.717, 1.165) is 62.0 Å². The summed E-state index contributed by atoms with van der Waals surface area (Å²) in [6.07, 6.45) is 10.9. The number of fused-ring (bicyclic) bond motifs is 1. The lowest BCUT2D eigenvalue weighted by atomic mass is 9.49. The summed E-state index contributed by atoms with van der Waals surface area (Å²) in [7, 11) is 0. The van der Waals surface area contributed by atoms with Crippen molar-refractivity contribution in [3.63, 3.8) is 0 Å². The van der Waals surface area contributed by atoms with E-state index in [2.05, 4.69) is 17.4 Å². The number of benzene rings is 1. The molecule has 1 aromatic rings. The maximum atomic E-state index is 13.3. The molecule has 0 spiro atoms. The van der Waals surface area contributed by atoms with Gasteiger partial charge in [0.1, 0.15) is 0 Å². The van der Waals surface area contributed by atoms with Crippen molar-refractivity contribution in [1.29, 1.82) is 0 Å². The number of nitrogen functional groups attached to an aromatic ring is 1. The van der Waals surface area contributed by atoms with Crippen molar-refractivity contribution < 1.29 is 4.79 Å². The van der Waals surface area contributed by atoms with Crippen LogP contribution in [0.25, 0.3) is 0 Å². The van der Waals surface area contributed by atoms with Crippen LogP contribution < -0.4 is 11.1 Å². The van der Waals surface area contributed by atoms with Gasteiger partial charge in [0.25, 0.3) is 0 Å². The van der Waals surface area contributed by atoms with Crippen LogP contribution in [0.5, 0.6) is 0 Å². The number of nitrogens with one attached hydrogen (secondary N) is 1. The lowest BCUT2D eigenvalue weighted by Crippen LogP contribution is -2.54. The highest BCUT2D eigenvalue weighted by Gasteiger charge is 2.54. The van der Waals surface area contributed by atoms with Crippen LogP contribution in [0.3, 0.4) is 0 Å². The Balaban J connectivity index is 0.00000157. The molecule has 0 aromatic heterocycles.